The van der Waals surface area contributed by atoms with Crippen molar-refractivity contribution in [1.29, 1.82) is 0 Å². The summed E-state index contributed by atoms with van der Waals surface area (Å²) in [5.41, 5.74) is 0. The van der Waals surface area contributed by atoms with E-state index in [1.807, 2.05) is 0 Å². The Balaban J connectivity index is 4.00. The minimum absolute atomic E-state index is 0.0270. The Morgan fingerprint density at radius 1 is 1.40 bits per heavy atom. The lowest BCUT2D eigenvalue weighted by Crippen LogP contribution is -2.32. The molecule has 0 fully saturated rings. The van der Waals surface area contributed by atoms with E-state index in [0.717, 1.165) is 0 Å². The molecule has 0 radical (unpaired) electrons. The predicted molar refractivity (Wildman–Crippen MR) is 58.3 cm³/mol. The molecule has 1 amide bonds. The number of ether oxygens (including phenoxy) is 1. The molecule has 0 bridgehead atoms. The number of hydrogen-bond donors (Lipinski definition) is 0. The van der Waals surface area contributed by atoms with Gasteiger partial charge in [0.1, 0.15) is 0 Å². The maximum atomic E-state index is 11.4. The van der Waals surface area contributed by atoms with Crippen molar-refractivity contribution in [3.63, 3.8) is 0 Å². The van der Waals surface area contributed by atoms with Crippen molar-refractivity contribution in [2.75, 3.05) is 19.7 Å². The van der Waals surface area contributed by atoms with Gasteiger partial charge in [0, 0.05) is 19.5 Å². The number of nitrogens with zero attached hydrogens (tertiary/aromatic N) is 1. The molecular formula is C11H19NO3. The Labute approximate surface area is 90.9 Å². The second-order valence-corrected chi connectivity index (χ2v) is 3.04. The molecule has 0 aliphatic heterocycles. The molecule has 86 valence electrons. The fraction of sp³-hybridized carbons (Fsp3) is 0.636. The minimum Gasteiger partial charge on any atom is -0.466 e. The Morgan fingerprint density at radius 2 is 2.07 bits per heavy atom. The summed E-state index contributed by atoms with van der Waals surface area (Å²) in [5, 5.41) is 0. The highest BCUT2D eigenvalue weighted by Gasteiger charge is 2.11. The summed E-state index contributed by atoms with van der Waals surface area (Å²) in [6.45, 7) is 8.38. The van der Waals surface area contributed by atoms with Gasteiger partial charge in [0.2, 0.25) is 5.91 Å². The minimum atomic E-state index is -0.268. The highest BCUT2D eigenvalue weighted by molar-refractivity contribution is 5.77. The third-order valence-corrected chi connectivity index (χ3v) is 1.90. The Kier molecular flexibility index (Phi) is 7.32. The van der Waals surface area contributed by atoms with Crippen molar-refractivity contribution in [3.8, 4) is 0 Å². The van der Waals surface area contributed by atoms with Gasteiger partial charge in [0.05, 0.1) is 13.0 Å². The van der Waals surface area contributed by atoms with E-state index in [4.69, 9.17) is 4.74 Å². The predicted octanol–water partition coefficient (Wildman–Crippen LogP) is 1.36. The molecule has 0 unspecified atom stereocenters. The van der Waals surface area contributed by atoms with Crippen molar-refractivity contribution >= 4 is 11.9 Å². The van der Waals surface area contributed by atoms with E-state index in [-0.39, 0.29) is 18.3 Å². The highest BCUT2D eigenvalue weighted by atomic mass is 16.5. The summed E-state index contributed by atoms with van der Waals surface area (Å²) in [5.74, 6) is -0.241. The van der Waals surface area contributed by atoms with Crippen LogP contribution in [0.25, 0.3) is 0 Å². The monoisotopic (exact) mass is 213 g/mol. The summed E-state index contributed by atoms with van der Waals surface area (Å²) in [6.07, 6.45) is 2.34. The van der Waals surface area contributed by atoms with Crippen LogP contribution in [0, 0.1) is 0 Å². The average molecular weight is 213 g/mol. The van der Waals surface area contributed by atoms with Crippen molar-refractivity contribution in [3.05, 3.63) is 12.7 Å². The smallest absolute Gasteiger partial charge is 0.307 e. The van der Waals surface area contributed by atoms with Gasteiger partial charge in [-0.25, -0.2) is 0 Å². The van der Waals surface area contributed by atoms with Gasteiger partial charge in [-0.15, -0.1) is 6.58 Å². The van der Waals surface area contributed by atoms with Gasteiger partial charge in [-0.3, -0.25) is 9.59 Å². The largest absolute Gasteiger partial charge is 0.466 e. The zero-order valence-electron chi connectivity index (χ0n) is 9.49. The van der Waals surface area contributed by atoms with Crippen LogP contribution in [0.2, 0.25) is 0 Å². The molecule has 0 N–H and O–H groups in total. The van der Waals surface area contributed by atoms with Crippen LogP contribution in [0.15, 0.2) is 12.7 Å². The van der Waals surface area contributed by atoms with Crippen LogP contribution in [0.3, 0.4) is 0 Å². The fourth-order valence-corrected chi connectivity index (χ4v) is 1.16. The maximum Gasteiger partial charge on any atom is 0.307 e. The molecule has 15 heavy (non-hydrogen) atoms. The van der Waals surface area contributed by atoms with E-state index < -0.39 is 0 Å². The molecule has 0 atom stereocenters. The van der Waals surface area contributed by atoms with Crippen molar-refractivity contribution in [2.45, 2.75) is 26.7 Å². The van der Waals surface area contributed by atoms with Crippen molar-refractivity contribution in [2.24, 2.45) is 0 Å². The molecule has 0 aliphatic rings. The van der Waals surface area contributed by atoms with Crippen molar-refractivity contribution in [1.82, 2.24) is 4.90 Å². The van der Waals surface area contributed by atoms with Crippen LogP contribution in [0.1, 0.15) is 26.7 Å². The third kappa shape index (κ3) is 5.88. The number of carbonyl (C=O) groups excluding carboxylic acids is 2. The number of rotatable bonds is 7. The second-order valence-electron chi connectivity index (χ2n) is 3.04. The van der Waals surface area contributed by atoms with Crippen LogP contribution in [0.4, 0.5) is 0 Å². The van der Waals surface area contributed by atoms with Crippen LogP contribution in [-0.2, 0) is 14.3 Å². The van der Waals surface area contributed by atoms with E-state index in [1.165, 1.54) is 0 Å². The first-order chi connectivity index (χ1) is 7.15. The first-order valence-corrected chi connectivity index (χ1v) is 5.19. The van der Waals surface area contributed by atoms with Gasteiger partial charge in [-0.1, -0.05) is 13.0 Å². The lowest BCUT2D eigenvalue weighted by Gasteiger charge is -2.19. The number of esters is 1. The van der Waals surface area contributed by atoms with E-state index in [0.29, 0.717) is 26.1 Å². The number of amides is 1. The van der Waals surface area contributed by atoms with Gasteiger partial charge < -0.3 is 9.64 Å². The third-order valence-electron chi connectivity index (χ3n) is 1.90. The molecule has 0 aromatic carbocycles. The molecular weight excluding hydrogens is 194 g/mol. The molecule has 0 saturated heterocycles. The Bertz CT molecular complexity index is 226. The quantitative estimate of drug-likeness (QED) is 0.474. The molecule has 0 spiro atoms. The zero-order chi connectivity index (χ0) is 11.7. The van der Waals surface area contributed by atoms with Gasteiger partial charge >= 0.3 is 5.97 Å². The average Bonchev–Trinajstić information content (AvgIpc) is 2.23. The topological polar surface area (TPSA) is 46.6 Å². The summed E-state index contributed by atoms with van der Waals surface area (Å²) in [6, 6.07) is 0. The lowest BCUT2D eigenvalue weighted by atomic mass is 10.3. The van der Waals surface area contributed by atoms with Gasteiger partial charge in [-0.2, -0.15) is 0 Å². The summed E-state index contributed by atoms with van der Waals surface area (Å²) in [7, 11) is 0. The molecule has 0 rings (SSSR count). The van der Waals surface area contributed by atoms with Crippen LogP contribution >= 0.6 is 0 Å². The molecule has 0 aliphatic carbocycles. The maximum absolute atomic E-state index is 11.4. The van der Waals surface area contributed by atoms with E-state index >= 15 is 0 Å². The lowest BCUT2D eigenvalue weighted by molar-refractivity contribution is -0.144. The summed E-state index contributed by atoms with van der Waals surface area (Å²) in [4.78, 5) is 24.1. The summed E-state index contributed by atoms with van der Waals surface area (Å²) >= 11 is 0. The van der Waals surface area contributed by atoms with Gasteiger partial charge in [-0.05, 0) is 6.92 Å². The molecule has 0 aromatic rings. The van der Waals surface area contributed by atoms with Crippen LogP contribution < -0.4 is 0 Å². The number of hydrogen-bond acceptors (Lipinski definition) is 3. The van der Waals surface area contributed by atoms with Gasteiger partial charge in [0.15, 0.2) is 0 Å². The van der Waals surface area contributed by atoms with E-state index in [1.54, 1.807) is 24.8 Å². The van der Waals surface area contributed by atoms with E-state index in [9.17, 15) is 9.59 Å². The molecule has 0 aromatic heterocycles. The normalized spacial score (nSPS) is 9.47. The molecule has 4 nitrogen and oxygen atoms in total. The van der Waals surface area contributed by atoms with E-state index in [2.05, 4.69) is 6.58 Å². The molecule has 0 heterocycles. The summed E-state index contributed by atoms with van der Waals surface area (Å²) < 4.78 is 4.78. The first-order valence-electron chi connectivity index (χ1n) is 5.19. The molecule has 4 heteroatoms. The van der Waals surface area contributed by atoms with Crippen LogP contribution in [0.5, 0.6) is 0 Å². The SMILES string of the molecule is C=CCN(CCC(=O)OCC)C(=O)CC. The number of carbonyl (C=O) groups is 2. The Morgan fingerprint density at radius 3 is 2.53 bits per heavy atom. The molecule has 0 saturated carbocycles. The second kappa shape index (κ2) is 8.03. The fourth-order valence-electron chi connectivity index (χ4n) is 1.16. The van der Waals surface area contributed by atoms with Crippen LogP contribution in [-0.4, -0.2) is 36.5 Å². The highest BCUT2D eigenvalue weighted by Crippen LogP contribution is 1.98. The standard InChI is InChI=1S/C11H19NO3/c1-4-8-12(10(13)5-2)9-7-11(14)15-6-3/h4H,1,5-9H2,2-3H3. The van der Waals surface area contributed by atoms with Crippen molar-refractivity contribution < 1.29 is 14.3 Å². The van der Waals surface area contributed by atoms with Gasteiger partial charge in [0.25, 0.3) is 0 Å². The Hall–Kier alpha value is -1.32. The first kappa shape index (κ1) is 13.7. The zero-order valence-corrected chi connectivity index (χ0v) is 9.49.